The van der Waals surface area contributed by atoms with E-state index in [2.05, 4.69) is 85.3 Å². The van der Waals surface area contributed by atoms with Crippen LogP contribution in [0, 0.1) is 5.82 Å². The number of ether oxygens (including phenoxy) is 1. The average molecular weight is 633 g/mol. The molecule has 0 bridgehead atoms. The van der Waals surface area contributed by atoms with Crippen molar-refractivity contribution >= 4 is 33.3 Å². The van der Waals surface area contributed by atoms with Crippen molar-refractivity contribution in [1.29, 1.82) is 0 Å². The van der Waals surface area contributed by atoms with Gasteiger partial charge in [-0.15, -0.1) is 0 Å². The van der Waals surface area contributed by atoms with Crippen LogP contribution in [0.2, 0.25) is 0 Å². The Morgan fingerprint density at radius 3 is 2.79 bits per heavy atom. The minimum atomic E-state index is -0.245. The molecule has 1 atom stereocenters. The number of hydrogen-bond acceptors (Lipinski definition) is 7. The molecular weight excluding hydrogens is 591 g/mol. The van der Waals surface area contributed by atoms with Gasteiger partial charge in [-0.25, -0.2) is 14.4 Å². The molecule has 1 saturated heterocycles. The number of hydrogen-bond donors (Lipinski definition) is 1. The highest BCUT2D eigenvalue weighted by molar-refractivity contribution is 5.94. The molecule has 242 valence electrons. The topological polar surface area (TPSA) is 76.3 Å². The van der Waals surface area contributed by atoms with Gasteiger partial charge in [-0.2, -0.15) is 5.10 Å². The summed E-state index contributed by atoms with van der Waals surface area (Å²) in [6, 6.07) is 21.2. The van der Waals surface area contributed by atoms with Crippen LogP contribution in [-0.2, 0) is 17.8 Å². The third-order valence-electron chi connectivity index (χ3n) is 9.11. The number of halogens is 1. The molecule has 1 aliphatic heterocycles. The number of nitrogens with zero attached hydrogens (tertiary/aromatic N) is 7. The Morgan fingerprint density at radius 1 is 1.00 bits per heavy atom. The van der Waals surface area contributed by atoms with E-state index in [1.165, 1.54) is 6.07 Å². The lowest BCUT2D eigenvalue weighted by molar-refractivity contribution is -0.0377. The largest absolute Gasteiger partial charge is 0.374 e. The number of rotatable bonds is 12. The van der Waals surface area contributed by atoms with Gasteiger partial charge in [-0.05, 0) is 78.3 Å². The van der Waals surface area contributed by atoms with Crippen molar-refractivity contribution < 1.29 is 9.13 Å². The van der Waals surface area contributed by atoms with E-state index in [-0.39, 0.29) is 11.9 Å². The summed E-state index contributed by atoms with van der Waals surface area (Å²) in [4.78, 5) is 14.1. The molecule has 10 heteroatoms. The fourth-order valence-electron chi connectivity index (χ4n) is 6.45. The van der Waals surface area contributed by atoms with Crippen molar-refractivity contribution in [3.05, 3.63) is 103 Å². The fourth-order valence-corrected chi connectivity index (χ4v) is 6.45. The number of anilines is 2. The number of nitrogens with one attached hydrogen (secondary N) is 1. The molecule has 1 fully saturated rings. The highest BCUT2D eigenvalue weighted by atomic mass is 19.1. The summed E-state index contributed by atoms with van der Waals surface area (Å²) in [5.41, 5.74) is 5.86. The van der Waals surface area contributed by atoms with Crippen LogP contribution in [-0.4, -0.2) is 86.1 Å². The number of morpholine rings is 1. The van der Waals surface area contributed by atoms with Gasteiger partial charge in [0.2, 0.25) is 0 Å². The smallest absolute Gasteiger partial charge is 0.141 e. The van der Waals surface area contributed by atoms with Gasteiger partial charge >= 0.3 is 0 Å². The Balaban J connectivity index is 1.05. The van der Waals surface area contributed by atoms with Gasteiger partial charge in [0.15, 0.2) is 0 Å². The molecule has 0 spiro atoms. The summed E-state index contributed by atoms with van der Waals surface area (Å²) < 4.78 is 24.0. The van der Waals surface area contributed by atoms with Crippen LogP contribution < -0.4 is 5.32 Å². The molecule has 1 N–H and O–H groups in total. The fraction of sp³-hybridized carbons (Fsp3) is 0.324. The standard InChI is InChI=1S/C37H41FN8O/c1-3-43(4-2)14-15-44-16-17-47-33(24-44)25-45-13-12-29(23-45)28-8-10-35-34(20-28)37(40-26-39-35)42-32-9-11-36-30(19-32)21-41-46(36)22-27-6-5-7-31(38)18-27/h5-13,18-21,23,26,33H,3-4,14-17,22,24-25H2,1-2H3,(H,39,40,42). The lowest BCUT2D eigenvalue weighted by atomic mass is 10.1. The first-order valence-electron chi connectivity index (χ1n) is 16.5. The van der Waals surface area contributed by atoms with Crippen LogP contribution >= 0.6 is 0 Å². The van der Waals surface area contributed by atoms with Crippen LogP contribution in [0.3, 0.4) is 0 Å². The summed E-state index contributed by atoms with van der Waals surface area (Å²) in [5.74, 6) is 0.494. The SMILES string of the molecule is CCN(CC)CCN1CCOC(Cn2ccc(-c3ccc4ncnc(Nc5ccc6c(cnn6Cc6cccc(F)c6)c5)c4c3)c2)C1. The normalized spacial score (nSPS) is 15.6. The lowest BCUT2D eigenvalue weighted by Crippen LogP contribution is -2.46. The molecule has 0 amide bonds. The molecule has 3 aromatic carbocycles. The molecule has 0 saturated carbocycles. The monoisotopic (exact) mass is 632 g/mol. The van der Waals surface area contributed by atoms with Gasteiger partial charge in [0.25, 0.3) is 0 Å². The van der Waals surface area contributed by atoms with Crippen LogP contribution in [0.4, 0.5) is 15.9 Å². The summed E-state index contributed by atoms with van der Waals surface area (Å²) in [6.07, 6.45) is 7.94. The van der Waals surface area contributed by atoms with Crippen LogP contribution in [0.1, 0.15) is 19.4 Å². The molecule has 4 heterocycles. The zero-order valence-electron chi connectivity index (χ0n) is 27.0. The Kier molecular flexibility index (Phi) is 9.23. The first kappa shape index (κ1) is 31.0. The lowest BCUT2D eigenvalue weighted by Gasteiger charge is -2.34. The minimum Gasteiger partial charge on any atom is -0.374 e. The molecule has 7 rings (SSSR count). The second-order valence-corrected chi connectivity index (χ2v) is 12.2. The molecule has 1 unspecified atom stereocenters. The highest BCUT2D eigenvalue weighted by Crippen LogP contribution is 2.30. The Morgan fingerprint density at radius 2 is 1.91 bits per heavy atom. The van der Waals surface area contributed by atoms with Gasteiger partial charge in [0.05, 0.1) is 36.5 Å². The van der Waals surface area contributed by atoms with E-state index in [0.29, 0.717) is 6.54 Å². The van der Waals surface area contributed by atoms with Crippen LogP contribution in [0.25, 0.3) is 32.9 Å². The number of fused-ring (bicyclic) bond motifs is 2. The molecule has 3 aromatic heterocycles. The van der Waals surface area contributed by atoms with Crippen molar-refractivity contribution in [1.82, 2.24) is 34.1 Å². The van der Waals surface area contributed by atoms with E-state index >= 15 is 0 Å². The van der Waals surface area contributed by atoms with Crippen molar-refractivity contribution in [2.75, 3.05) is 51.2 Å². The Bertz CT molecular complexity index is 1970. The zero-order valence-corrected chi connectivity index (χ0v) is 27.0. The molecule has 1 aliphatic rings. The van der Waals surface area contributed by atoms with Crippen LogP contribution in [0.5, 0.6) is 0 Å². The van der Waals surface area contributed by atoms with E-state index in [4.69, 9.17) is 4.74 Å². The predicted molar refractivity (Wildman–Crippen MR) is 185 cm³/mol. The minimum absolute atomic E-state index is 0.173. The predicted octanol–water partition coefficient (Wildman–Crippen LogP) is 6.42. The maximum Gasteiger partial charge on any atom is 0.141 e. The van der Waals surface area contributed by atoms with Gasteiger partial charge in [-0.3, -0.25) is 9.58 Å². The summed E-state index contributed by atoms with van der Waals surface area (Å²) in [6.45, 7) is 12.9. The maximum atomic E-state index is 13.7. The van der Waals surface area contributed by atoms with Gasteiger partial charge in [0.1, 0.15) is 18.0 Å². The van der Waals surface area contributed by atoms with Gasteiger partial charge < -0.3 is 19.5 Å². The van der Waals surface area contributed by atoms with Crippen molar-refractivity contribution in [2.45, 2.75) is 33.0 Å². The number of likely N-dealkylation sites (N-methyl/N-ethyl adjacent to an activating group) is 1. The summed E-state index contributed by atoms with van der Waals surface area (Å²) in [7, 11) is 0. The molecule has 0 aliphatic carbocycles. The average Bonchev–Trinajstić information content (AvgIpc) is 3.72. The quantitative estimate of drug-likeness (QED) is 0.167. The van der Waals surface area contributed by atoms with E-state index in [1.807, 2.05) is 35.1 Å². The molecule has 9 nitrogen and oxygen atoms in total. The van der Waals surface area contributed by atoms with E-state index in [9.17, 15) is 4.39 Å². The van der Waals surface area contributed by atoms with Gasteiger partial charge in [-0.1, -0.05) is 32.0 Å². The Hall–Kier alpha value is -4.64. The first-order chi connectivity index (χ1) is 23.0. The third-order valence-corrected chi connectivity index (χ3v) is 9.11. The summed E-state index contributed by atoms with van der Waals surface area (Å²) >= 11 is 0. The third kappa shape index (κ3) is 7.20. The zero-order chi connectivity index (χ0) is 32.2. The second kappa shape index (κ2) is 14.0. The van der Waals surface area contributed by atoms with Gasteiger partial charge in [0, 0.05) is 61.6 Å². The molecular formula is C37H41FN8O. The highest BCUT2D eigenvalue weighted by Gasteiger charge is 2.21. The molecule has 6 aromatic rings. The van der Waals surface area contributed by atoms with Crippen molar-refractivity contribution in [3.8, 4) is 11.1 Å². The Labute approximate surface area is 274 Å². The van der Waals surface area contributed by atoms with E-state index in [1.54, 1.807) is 18.5 Å². The van der Waals surface area contributed by atoms with Crippen LogP contribution in [0.15, 0.2) is 91.6 Å². The molecule has 0 radical (unpaired) electrons. The summed E-state index contributed by atoms with van der Waals surface area (Å²) in [5, 5.41) is 9.99. The van der Waals surface area contributed by atoms with E-state index in [0.717, 1.165) is 102 Å². The van der Waals surface area contributed by atoms with Crippen molar-refractivity contribution in [3.63, 3.8) is 0 Å². The first-order valence-corrected chi connectivity index (χ1v) is 16.5. The molecule has 47 heavy (non-hydrogen) atoms. The second-order valence-electron chi connectivity index (χ2n) is 12.2. The van der Waals surface area contributed by atoms with E-state index < -0.39 is 0 Å². The maximum absolute atomic E-state index is 13.7. The van der Waals surface area contributed by atoms with Crippen molar-refractivity contribution in [2.24, 2.45) is 0 Å². The number of aromatic nitrogens is 5. The number of benzene rings is 3.